The molecule has 0 aliphatic carbocycles. The van der Waals surface area contributed by atoms with Crippen LogP contribution in [0.5, 0.6) is 5.75 Å². The molecule has 0 saturated heterocycles. The van der Waals surface area contributed by atoms with E-state index < -0.39 is 23.2 Å². The lowest BCUT2D eigenvalue weighted by atomic mass is 10.1. The van der Waals surface area contributed by atoms with Crippen molar-refractivity contribution in [3.05, 3.63) is 91.6 Å². The number of aromatic nitrogens is 2. The Morgan fingerprint density at radius 1 is 1.17 bits per heavy atom. The number of carbonyl (C=O) groups is 1. The summed E-state index contributed by atoms with van der Waals surface area (Å²) >= 11 is 9.53. The molecule has 0 atom stereocenters. The van der Waals surface area contributed by atoms with Gasteiger partial charge in [0.15, 0.2) is 18.2 Å². The lowest BCUT2D eigenvalue weighted by Crippen LogP contribution is -2.20. The number of nitrogens with zero attached hydrogens (tertiary/aromatic N) is 3. The van der Waals surface area contributed by atoms with Gasteiger partial charge >= 0.3 is 6.18 Å². The first-order valence-corrected chi connectivity index (χ1v) is 11.4. The summed E-state index contributed by atoms with van der Waals surface area (Å²) in [6, 6.07) is 14.0. The molecule has 1 amide bonds. The second-order valence-corrected chi connectivity index (χ2v) is 8.72. The van der Waals surface area contributed by atoms with E-state index in [-0.39, 0.29) is 34.2 Å². The molecule has 0 spiro atoms. The fourth-order valence-corrected chi connectivity index (χ4v) is 4.30. The maximum Gasteiger partial charge on any atom is 0.416 e. The summed E-state index contributed by atoms with van der Waals surface area (Å²) in [5, 5.41) is 4.59. The van der Waals surface area contributed by atoms with Crippen LogP contribution in [-0.4, -0.2) is 28.4 Å². The van der Waals surface area contributed by atoms with Crippen molar-refractivity contribution in [1.29, 1.82) is 0 Å². The quantitative estimate of drug-likeness (QED) is 0.316. The van der Waals surface area contributed by atoms with E-state index in [0.29, 0.717) is 15.6 Å². The van der Waals surface area contributed by atoms with Gasteiger partial charge in [-0.2, -0.15) is 22.9 Å². The van der Waals surface area contributed by atoms with Gasteiger partial charge in [0.2, 0.25) is 0 Å². The van der Waals surface area contributed by atoms with Crippen molar-refractivity contribution < 1.29 is 22.7 Å². The number of fused-ring (bicyclic) bond motifs is 1. The standard InChI is InChI=1S/C24H15BrClF3N4O3/c25-17-8-13(9-18(26)21(17)36-12-20(30)34)11-31-33-22(14-4-3-5-15(10-14)24(27,28)29)32-19-7-2-1-6-16(19)23(33)35/h1-11H,12H2,(H2,30,34). The number of primary amides is 1. The van der Waals surface area contributed by atoms with Crippen molar-refractivity contribution in [3.8, 4) is 17.1 Å². The highest BCUT2D eigenvalue weighted by molar-refractivity contribution is 9.10. The minimum atomic E-state index is -4.58. The molecule has 0 fully saturated rings. The molecule has 12 heteroatoms. The molecular formula is C24H15BrClF3N4O3. The Hall–Kier alpha value is -3.70. The zero-order chi connectivity index (χ0) is 26.0. The number of hydrogen-bond acceptors (Lipinski definition) is 5. The summed E-state index contributed by atoms with van der Waals surface area (Å²) < 4.78 is 46.6. The number of rotatable bonds is 6. The molecule has 0 unspecified atom stereocenters. The Morgan fingerprint density at radius 2 is 1.92 bits per heavy atom. The van der Waals surface area contributed by atoms with Crippen molar-refractivity contribution in [1.82, 2.24) is 9.66 Å². The number of halogens is 5. The maximum atomic E-state index is 13.3. The molecule has 7 nitrogen and oxygen atoms in total. The molecule has 36 heavy (non-hydrogen) atoms. The van der Waals surface area contributed by atoms with E-state index in [1.807, 2.05) is 0 Å². The lowest BCUT2D eigenvalue weighted by Gasteiger charge is -2.12. The van der Waals surface area contributed by atoms with Gasteiger partial charge in [-0.05, 0) is 57.9 Å². The lowest BCUT2D eigenvalue weighted by molar-refractivity contribution is -0.137. The third-order valence-electron chi connectivity index (χ3n) is 4.90. The molecule has 4 aromatic rings. The summed E-state index contributed by atoms with van der Waals surface area (Å²) in [7, 11) is 0. The number of alkyl halides is 3. The smallest absolute Gasteiger partial charge is 0.416 e. The maximum absolute atomic E-state index is 13.3. The first kappa shape index (κ1) is 25.4. The van der Waals surface area contributed by atoms with Gasteiger partial charge in [0.05, 0.1) is 32.2 Å². The van der Waals surface area contributed by atoms with Gasteiger partial charge in [-0.3, -0.25) is 9.59 Å². The van der Waals surface area contributed by atoms with Crippen LogP contribution in [0.1, 0.15) is 11.1 Å². The molecule has 0 aliphatic rings. The molecule has 1 heterocycles. The fraction of sp³-hybridized carbons (Fsp3) is 0.0833. The van der Waals surface area contributed by atoms with Crippen molar-refractivity contribution in [2.24, 2.45) is 10.8 Å². The Kier molecular flexibility index (Phi) is 7.14. The Bertz CT molecular complexity index is 1550. The van der Waals surface area contributed by atoms with Crippen LogP contribution in [0, 0.1) is 0 Å². The van der Waals surface area contributed by atoms with Crippen LogP contribution in [0.2, 0.25) is 5.02 Å². The Morgan fingerprint density at radius 3 is 2.61 bits per heavy atom. The van der Waals surface area contributed by atoms with E-state index in [4.69, 9.17) is 22.1 Å². The van der Waals surface area contributed by atoms with Crippen molar-refractivity contribution in [2.75, 3.05) is 6.61 Å². The van der Waals surface area contributed by atoms with Crippen molar-refractivity contribution >= 4 is 50.6 Å². The van der Waals surface area contributed by atoms with Gasteiger partial charge in [-0.25, -0.2) is 4.98 Å². The zero-order valence-corrected chi connectivity index (χ0v) is 20.4. The van der Waals surface area contributed by atoms with Crippen LogP contribution in [0.4, 0.5) is 13.2 Å². The van der Waals surface area contributed by atoms with E-state index in [2.05, 4.69) is 26.0 Å². The molecule has 4 rings (SSSR count). The van der Waals surface area contributed by atoms with Crippen LogP contribution in [-0.2, 0) is 11.0 Å². The topological polar surface area (TPSA) is 99.6 Å². The zero-order valence-electron chi connectivity index (χ0n) is 18.1. The number of para-hydroxylation sites is 1. The number of nitrogens with two attached hydrogens (primary N) is 1. The minimum absolute atomic E-state index is 0.0549. The molecule has 3 aromatic carbocycles. The van der Waals surface area contributed by atoms with Crippen LogP contribution in [0.3, 0.4) is 0 Å². The van der Waals surface area contributed by atoms with Gasteiger partial charge in [0.25, 0.3) is 11.5 Å². The van der Waals surface area contributed by atoms with E-state index in [9.17, 15) is 22.8 Å². The molecule has 0 radical (unpaired) electrons. The molecule has 184 valence electrons. The average molecular weight is 580 g/mol. The molecular weight excluding hydrogens is 565 g/mol. The number of hydrogen-bond donors (Lipinski definition) is 1. The van der Waals surface area contributed by atoms with E-state index in [1.54, 1.807) is 30.3 Å². The van der Waals surface area contributed by atoms with E-state index >= 15 is 0 Å². The van der Waals surface area contributed by atoms with Gasteiger partial charge in [-0.1, -0.05) is 35.9 Å². The van der Waals surface area contributed by atoms with Crippen molar-refractivity contribution in [2.45, 2.75) is 6.18 Å². The second-order valence-electron chi connectivity index (χ2n) is 7.46. The van der Waals surface area contributed by atoms with Crippen LogP contribution < -0.4 is 16.0 Å². The molecule has 2 N–H and O–H groups in total. The molecule has 0 saturated carbocycles. The monoisotopic (exact) mass is 578 g/mol. The van der Waals surface area contributed by atoms with Gasteiger partial charge in [0, 0.05) is 5.56 Å². The normalized spacial score (nSPS) is 11.8. The van der Waals surface area contributed by atoms with Gasteiger partial charge in [-0.15, -0.1) is 0 Å². The minimum Gasteiger partial charge on any atom is -0.481 e. The van der Waals surface area contributed by atoms with E-state index in [1.165, 1.54) is 24.4 Å². The van der Waals surface area contributed by atoms with Gasteiger partial charge in [0.1, 0.15) is 0 Å². The third-order valence-corrected chi connectivity index (χ3v) is 5.77. The highest BCUT2D eigenvalue weighted by Gasteiger charge is 2.31. The van der Waals surface area contributed by atoms with E-state index in [0.717, 1.165) is 16.8 Å². The third kappa shape index (κ3) is 5.42. The largest absolute Gasteiger partial charge is 0.481 e. The predicted molar refractivity (Wildman–Crippen MR) is 133 cm³/mol. The summed E-state index contributed by atoms with van der Waals surface area (Å²) in [4.78, 5) is 28.7. The first-order chi connectivity index (χ1) is 17.0. The number of benzene rings is 3. The second kappa shape index (κ2) is 10.1. The number of carbonyl (C=O) groups excluding carboxylic acids is 1. The number of amides is 1. The summed E-state index contributed by atoms with van der Waals surface area (Å²) in [6.07, 6.45) is -3.29. The Balaban J connectivity index is 1.84. The summed E-state index contributed by atoms with van der Waals surface area (Å²) in [6.45, 7) is -0.385. The molecule has 0 bridgehead atoms. The summed E-state index contributed by atoms with van der Waals surface area (Å²) in [5.41, 5.74) is 4.41. The highest BCUT2D eigenvalue weighted by atomic mass is 79.9. The summed E-state index contributed by atoms with van der Waals surface area (Å²) in [5.74, 6) is -0.580. The fourth-order valence-electron chi connectivity index (χ4n) is 3.31. The molecule has 0 aliphatic heterocycles. The number of ether oxygens (including phenoxy) is 1. The van der Waals surface area contributed by atoms with Crippen LogP contribution in [0.25, 0.3) is 22.3 Å². The Labute approximate surface area is 215 Å². The highest BCUT2D eigenvalue weighted by Crippen LogP contribution is 2.34. The van der Waals surface area contributed by atoms with Crippen LogP contribution in [0.15, 0.2) is 75.0 Å². The predicted octanol–water partition coefficient (Wildman–Crippen LogP) is 5.24. The van der Waals surface area contributed by atoms with Crippen LogP contribution >= 0.6 is 27.5 Å². The molecule has 1 aromatic heterocycles. The SMILES string of the molecule is NC(=O)COc1c(Cl)cc(C=Nn2c(-c3cccc(C(F)(F)F)c3)nc3ccccc3c2=O)cc1Br. The first-order valence-electron chi connectivity index (χ1n) is 10.2. The van der Waals surface area contributed by atoms with Gasteiger partial charge < -0.3 is 10.5 Å². The average Bonchev–Trinajstić information content (AvgIpc) is 2.82. The van der Waals surface area contributed by atoms with Crippen molar-refractivity contribution in [3.63, 3.8) is 0 Å².